The van der Waals surface area contributed by atoms with Crippen LogP contribution in [0.3, 0.4) is 0 Å². The molecule has 1 fully saturated rings. The van der Waals surface area contributed by atoms with Gasteiger partial charge in [0.05, 0.1) is 23.9 Å². The van der Waals surface area contributed by atoms with Gasteiger partial charge in [0.1, 0.15) is 0 Å². The van der Waals surface area contributed by atoms with Crippen molar-refractivity contribution in [3.63, 3.8) is 0 Å². The van der Waals surface area contributed by atoms with Gasteiger partial charge in [0.2, 0.25) is 11.8 Å². The first-order valence-corrected chi connectivity index (χ1v) is 8.54. The van der Waals surface area contributed by atoms with Crippen molar-refractivity contribution in [3.05, 3.63) is 53.7 Å². The lowest BCUT2D eigenvalue weighted by Crippen LogP contribution is -2.42. The third-order valence-electron chi connectivity index (χ3n) is 4.99. The molecule has 1 amide bonds. The Labute approximate surface area is 143 Å². The third kappa shape index (κ3) is 3.14. The molecule has 0 radical (unpaired) electrons. The number of aromatic nitrogens is 1. The van der Waals surface area contributed by atoms with E-state index in [1.54, 1.807) is 13.2 Å². The van der Waals surface area contributed by atoms with Crippen LogP contribution < -0.4 is 10.1 Å². The molecule has 0 unspecified atom stereocenters. The highest BCUT2D eigenvalue weighted by atomic mass is 16.5. The Morgan fingerprint density at radius 1 is 1.08 bits per heavy atom. The quantitative estimate of drug-likeness (QED) is 0.915. The average molecular weight is 324 g/mol. The van der Waals surface area contributed by atoms with E-state index in [4.69, 9.17) is 4.74 Å². The van der Waals surface area contributed by atoms with E-state index in [0.717, 1.165) is 42.6 Å². The number of aryl methyl sites for hydroxylation is 1. The molecular weight excluding hydrogens is 300 g/mol. The summed E-state index contributed by atoms with van der Waals surface area (Å²) >= 11 is 0. The lowest BCUT2D eigenvalue weighted by Gasteiger charge is -2.36. The molecule has 2 aromatic rings. The molecule has 24 heavy (non-hydrogen) atoms. The first kappa shape index (κ1) is 16.5. The molecule has 0 aliphatic heterocycles. The van der Waals surface area contributed by atoms with Gasteiger partial charge >= 0.3 is 0 Å². The number of nitrogens with one attached hydrogen (secondary N) is 1. The molecular formula is C20H24N2O2. The first-order chi connectivity index (χ1) is 11.7. The Morgan fingerprint density at radius 2 is 1.79 bits per heavy atom. The van der Waals surface area contributed by atoms with E-state index in [-0.39, 0.29) is 5.91 Å². The minimum absolute atomic E-state index is 0.0727. The van der Waals surface area contributed by atoms with Crippen molar-refractivity contribution >= 4 is 11.6 Å². The number of anilines is 1. The molecule has 1 saturated carbocycles. The van der Waals surface area contributed by atoms with Crippen LogP contribution in [-0.2, 0) is 10.2 Å². The van der Waals surface area contributed by atoms with Crippen molar-refractivity contribution < 1.29 is 9.53 Å². The number of benzene rings is 1. The summed E-state index contributed by atoms with van der Waals surface area (Å²) in [4.78, 5) is 17.6. The maximum Gasteiger partial charge on any atom is 0.235 e. The number of ether oxygens (including phenoxy) is 1. The summed E-state index contributed by atoms with van der Waals surface area (Å²) in [7, 11) is 1.59. The van der Waals surface area contributed by atoms with E-state index in [2.05, 4.69) is 22.4 Å². The third-order valence-corrected chi connectivity index (χ3v) is 4.99. The van der Waals surface area contributed by atoms with Crippen molar-refractivity contribution in [2.75, 3.05) is 12.4 Å². The van der Waals surface area contributed by atoms with E-state index >= 15 is 0 Å². The monoisotopic (exact) mass is 324 g/mol. The Bertz CT molecular complexity index is 707. The lowest BCUT2D eigenvalue weighted by atomic mass is 9.68. The Kier molecular flexibility index (Phi) is 4.84. The van der Waals surface area contributed by atoms with Gasteiger partial charge in [-0.25, -0.2) is 4.98 Å². The Morgan fingerprint density at radius 3 is 2.42 bits per heavy atom. The number of amides is 1. The van der Waals surface area contributed by atoms with Gasteiger partial charge in [-0.15, -0.1) is 0 Å². The standard InChI is InChI=1S/C20H24N2O2/c1-15-17(11-12-18(21-15)24-2)22-19(23)20(13-7-4-8-14-20)16-9-5-3-6-10-16/h3,5-6,9-12H,4,7-8,13-14H2,1-2H3,(H,22,23). The van der Waals surface area contributed by atoms with Gasteiger partial charge in [0, 0.05) is 6.07 Å². The van der Waals surface area contributed by atoms with E-state index in [0.29, 0.717) is 5.88 Å². The highest BCUT2D eigenvalue weighted by molar-refractivity contribution is 5.99. The van der Waals surface area contributed by atoms with Crippen LogP contribution in [0.15, 0.2) is 42.5 Å². The summed E-state index contributed by atoms with van der Waals surface area (Å²) in [6, 6.07) is 13.8. The van der Waals surface area contributed by atoms with Crippen LogP contribution in [0.2, 0.25) is 0 Å². The van der Waals surface area contributed by atoms with Gasteiger partial charge in [-0.1, -0.05) is 49.6 Å². The van der Waals surface area contributed by atoms with E-state index in [1.807, 2.05) is 31.2 Å². The van der Waals surface area contributed by atoms with E-state index in [1.165, 1.54) is 6.42 Å². The zero-order chi connectivity index (χ0) is 17.0. The number of carbonyl (C=O) groups excluding carboxylic acids is 1. The molecule has 1 aliphatic rings. The molecule has 1 heterocycles. The second kappa shape index (κ2) is 7.04. The predicted molar refractivity (Wildman–Crippen MR) is 95.4 cm³/mol. The molecule has 0 saturated heterocycles. The number of hydrogen-bond acceptors (Lipinski definition) is 3. The van der Waals surface area contributed by atoms with Crippen LogP contribution in [0.1, 0.15) is 43.4 Å². The SMILES string of the molecule is COc1ccc(NC(=O)C2(c3ccccc3)CCCCC2)c(C)n1. The Hall–Kier alpha value is -2.36. The predicted octanol–water partition coefficient (Wildman–Crippen LogP) is 4.24. The van der Waals surface area contributed by atoms with Gasteiger partial charge in [0.25, 0.3) is 0 Å². The minimum Gasteiger partial charge on any atom is -0.481 e. The number of nitrogens with zero attached hydrogens (tertiary/aromatic N) is 1. The van der Waals surface area contributed by atoms with Gasteiger partial charge in [0.15, 0.2) is 0 Å². The summed E-state index contributed by atoms with van der Waals surface area (Å²) in [6.07, 6.45) is 5.16. The number of pyridine rings is 1. The molecule has 3 rings (SSSR count). The fourth-order valence-electron chi connectivity index (χ4n) is 3.59. The normalized spacial score (nSPS) is 16.4. The van der Waals surface area contributed by atoms with Crippen molar-refractivity contribution in [3.8, 4) is 5.88 Å². The summed E-state index contributed by atoms with van der Waals surface area (Å²) < 4.78 is 5.14. The summed E-state index contributed by atoms with van der Waals surface area (Å²) in [5.41, 5.74) is 2.19. The van der Waals surface area contributed by atoms with Gasteiger partial charge < -0.3 is 10.1 Å². The molecule has 1 aromatic carbocycles. The average Bonchev–Trinajstić information content (AvgIpc) is 2.64. The molecule has 1 aromatic heterocycles. The number of carbonyl (C=O) groups is 1. The topological polar surface area (TPSA) is 51.2 Å². The second-order valence-electron chi connectivity index (χ2n) is 6.45. The molecule has 0 bridgehead atoms. The molecule has 4 nitrogen and oxygen atoms in total. The summed E-state index contributed by atoms with van der Waals surface area (Å²) in [5.74, 6) is 0.629. The first-order valence-electron chi connectivity index (χ1n) is 8.54. The zero-order valence-corrected chi connectivity index (χ0v) is 14.3. The second-order valence-corrected chi connectivity index (χ2v) is 6.45. The van der Waals surface area contributed by atoms with Crippen LogP contribution in [0.5, 0.6) is 5.88 Å². The number of methoxy groups -OCH3 is 1. The largest absolute Gasteiger partial charge is 0.481 e. The molecule has 126 valence electrons. The maximum absolute atomic E-state index is 13.2. The van der Waals surface area contributed by atoms with E-state index in [9.17, 15) is 4.79 Å². The van der Waals surface area contributed by atoms with Crippen LogP contribution in [0.25, 0.3) is 0 Å². The van der Waals surface area contributed by atoms with Crippen molar-refractivity contribution in [1.29, 1.82) is 0 Å². The van der Waals surface area contributed by atoms with Crippen molar-refractivity contribution in [2.24, 2.45) is 0 Å². The summed E-state index contributed by atoms with van der Waals surface area (Å²) in [6.45, 7) is 1.88. The maximum atomic E-state index is 13.2. The van der Waals surface area contributed by atoms with Crippen molar-refractivity contribution in [2.45, 2.75) is 44.4 Å². The number of rotatable bonds is 4. The minimum atomic E-state index is -0.439. The fourth-order valence-corrected chi connectivity index (χ4v) is 3.59. The Balaban J connectivity index is 1.90. The smallest absolute Gasteiger partial charge is 0.235 e. The molecule has 1 N–H and O–H groups in total. The highest BCUT2D eigenvalue weighted by Crippen LogP contribution is 2.40. The number of hydrogen-bond donors (Lipinski definition) is 1. The summed E-state index contributed by atoms with van der Waals surface area (Å²) in [5, 5.41) is 3.11. The van der Waals surface area contributed by atoms with Crippen LogP contribution in [0, 0.1) is 6.92 Å². The van der Waals surface area contributed by atoms with Gasteiger partial charge in [-0.05, 0) is 31.4 Å². The van der Waals surface area contributed by atoms with Crippen LogP contribution >= 0.6 is 0 Å². The van der Waals surface area contributed by atoms with Crippen LogP contribution in [-0.4, -0.2) is 18.0 Å². The fraction of sp³-hybridized carbons (Fsp3) is 0.400. The molecule has 0 atom stereocenters. The van der Waals surface area contributed by atoms with Crippen molar-refractivity contribution in [1.82, 2.24) is 4.98 Å². The molecule has 1 aliphatic carbocycles. The zero-order valence-electron chi connectivity index (χ0n) is 14.3. The molecule has 0 spiro atoms. The highest BCUT2D eigenvalue weighted by Gasteiger charge is 2.41. The lowest BCUT2D eigenvalue weighted by molar-refractivity contribution is -0.122. The van der Waals surface area contributed by atoms with Gasteiger partial charge in [-0.3, -0.25) is 4.79 Å². The van der Waals surface area contributed by atoms with Crippen LogP contribution in [0.4, 0.5) is 5.69 Å². The molecule has 4 heteroatoms. The van der Waals surface area contributed by atoms with Gasteiger partial charge in [-0.2, -0.15) is 0 Å². The van der Waals surface area contributed by atoms with E-state index < -0.39 is 5.41 Å².